The van der Waals surface area contributed by atoms with Crippen molar-refractivity contribution in [2.45, 2.75) is 6.92 Å². The Balaban J connectivity index is 1.52. The van der Waals surface area contributed by atoms with Gasteiger partial charge >= 0.3 is 5.69 Å². The molecule has 8 heteroatoms. The summed E-state index contributed by atoms with van der Waals surface area (Å²) in [5.41, 5.74) is 3.85. The summed E-state index contributed by atoms with van der Waals surface area (Å²) in [5, 5.41) is 2.73. The minimum atomic E-state index is -0.330. The molecule has 1 amide bonds. The van der Waals surface area contributed by atoms with Crippen molar-refractivity contribution in [2.75, 3.05) is 12.4 Å². The molecule has 2 heterocycles. The van der Waals surface area contributed by atoms with Crippen LogP contribution in [0.15, 0.2) is 103 Å². The van der Waals surface area contributed by atoms with Crippen LogP contribution >= 0.6 is 0 Å². The molecule has 1 N–H and O–H groups in total. The quantitative estimate of drug-likeness (QED) is 0.307. The molecular formula is C29H24N4O4. The Morgan fingerprint density at radius 1 is 0.946 bits per heavy atom. The van der Waals surface area contributed by atoms with Gasteiger partial charge in [0, 0.05) is 11.9 Å². The van der Waals surface area contributed by atoms with Gasteiger partial charge in [0.05, 0.1) is 35.7 Å². The van der Waals surface area contributed by atoms with Gasteiger partial charge in [0.2, 0.25) is 5.91 Å². The number of ether oxygens (including phenoxy) is 2. The Kier molecular flexibility index (Phi) is 6.30. The van der Waals surface area contributed by atoms with E-state index in [1.807, 2.05) is 55.5 Å². The van der Waals surface area contributed by atoms with Crippen LogP contribution in [0.3, 0.4) is 0 Å². The number of carbonyl (C=O) groups is 1. The molecule has 0 unspecified atom stereocenters. The Morgan fingerprint density at radius 2 is 1.70 bits per heavy atom. The van der Waals surface area contributed by atoms with Crippen LogP contribution in [-0.2, 0) is 4.79 Å². The van der Waals surface area contributed by atoms with Gasteiger partial charge in [0.1, 0.15) is 17.2 Å². The molecule has 0 aliphatic heterocycles. The van der Waals surface area contributed by atoms with Gasteiger partial charge in [-0.25, -0.2) is 4.79 Å². The van der Waals surface area contributed by atoms with Gasteiger partial charge in [-0.2, -0.15) is 0 Å². The molecule has 0 fully saturated rings. The second kappa shape index (κ2) is 9.87. The predicted octanol–water partition coefficient (Wildman–Crippen LogP) is 5.41. The van der Waals surface area contributed by atoms with Gasteiger partial charge < -0.3 is 14.8 Å². The van der Waals surface area contributed by atoms with E-state index in [-0.39, 0.29) is 11.6 Å². The molecule has 0 bridgehead atoms. The van der Waals surface area contributed by atoms with Crippen molar-refractivity contribution in [1.29, 1.82) is 0 Å². The van der Waals surface area contributed by atoms with E-state index in [4.69, 9.17) is 9.47 Å². The van der Waals surface area contributed by atoms with Gasteiger partial charge in [-0.15, -0.1) is 0 Å². The monoisotopic (exact) mass is 492 g/mol. The Hall–Kier alpha value is -5.11. The van der Waals surface area contributed by atoms with Crippen molar-refractivity contribution in [3.05, 3.63) is 114 Å². The summed E-state index contributed by atoms with van der Waals surface area (Å²) >= 11 is 0. The standard InChI is InChI=1S/C29H24N4O4/c1-4-28(34)31-20-6-5-7-22(17-20)33-25-14-15-30-18-26(25)32(29(33)35)21-8-10-23(11-9-21)37-24-12-13-27(36-3)19(2)16-24/h4-18H,1H2,2-3H3,(H,31,34). The minimum Gasteiger partial charge on any atom is -0.496 e. The molecule has 3 aromatic carbocycles. The molecule has 0 saturated carbocycles. The number of hydrogen-bond acceptors (Lipinski definition) is 5. The SMILES string of the molecule is C=CC(=O)Nc1cccc(-n2c(=O)n(-c3ccc(Oc4ccc(OC)c(C)c4)cc3)c3cnccc32)c1. The van der Waals surface area contributed by atoms with Crippen LogP contribution in [0, 0.1) is 6.92 Å². The maximum Gasteiger partial charge on any atom is 0.338 e. The second-order valence-corrected chi connectivity index (χ2v) is 8.29. The average molecular weight is 493 g/mol. The van der Waals surface area contributed by atoms with Crippen molar-refractivity contribution in [3.8, 4) is 28.6 Å². The number of nitrogens with one attached hydrogen (secondary N) is 1. The number of anilines is 1. The van der Waals surface area contributed by atoms with E-state index < -0.39 is 0 Å². The highest BCUT2D eigenvalue weighted by molar-refractivity contribution is 5.99. The summed E-state index contributed by atoms with van der Waals surface area (Å²) in [4.78, 5) is 29.7. The maximum atomic E-state index is 13.7. The minimum absolute atomic E-state index is 0.269. The lowest BCUT2D eigenvalue weighted by atomic mass is 10.2. The lowest BCUT2D eigenvalue weighted by molar-refractivity contribution is -0.111. The first-order valence-corrected chi connectivity index (χ1v) is 11.5. The number of aryl methyl sites for hydroxylation is 1. The fraction of sp³-hybridized carbons (Fsp3) is 0.0690. The summed E-state index contributed by atoms with van der Waals surface area (Å²) in [6, 6.07) is 21.7. The number of imidazole rings is 1. The summed E-state index contributed by atoms with van der Waals surface area (Å²) in [5.74, 6) is 1.78. The van der Waals surface area contributed by atoms with Crippen LogP contribution in [0.5, 0.6) is 17.2 Å². The topological polar surface area (TPSA) is 87.4 Å². The maximum absolute atomic E-state index is 13.7. The van der Waals surface area contributed by atoms with E-state index >= 15 is 0 Å². The zero-order valence-corrected chi connectivity index (χ0v) is 20.3. The Labute approximate surface area is 213 Å². The predicted molar refractivity (Wildman–Crippen MR) is 143 cm³/mol. The number of nitrogens with zero attached hydrogens (tertiary/aromatic N) is 3. The van der Waals surface area contributed by atoms with E-state index in [0.29, 0.717) is 39.6 Å². The number of aromatic nitrogens is 3. The van der Waals surface area contributed by atoms with E-state index in [2.05, 4.69) is 16.9 Å². The number of carbonyl (C=O) groups excluding carboxylic acids is 1. The van der Waals surface area contributed by atoms with Crippen molar-refractivity contribution in [1.82, 2.24) is 14.1 Å². The molecule has 2 aromatic heterocycles. The van der Waals surface area contributed by atoms with Gasteiger partial charge in [-0.05, 0) is 85.3 Å². The zero-order valence-electron chi connectivity index (χ0n) is 20.3. The first kappa shape index (κ1) is 23.6. The number of methoxy groups -OCH3 is 1. The first-order valence-electron chi connectivity index (χ1n) is 11.5. The molecule has 184 valence electrons. The molecule has 0 atom stereocenters. The van der Waals surface area contributed by atoms with Crippen molar-refractivity contribution >= 4 is 22.6 Å². The average Bonchev–Trinajstić information content (AvgIpc) is 3.21. The fourth-order valence-electron chi connectivity index (χ4n) is 4.18. The molecule has 0 aliphatic rings. The van der Waals surface area contributed by atoms with E-state index in [1.54, 1.807) is 52.9 Å². The number of fused-ring (bicyclic) bond motifs is 1. The second-order valence-electron chi connectivity index (χ2n) is 8.29. The van der Waals surface area contributed by atoms with Crippen LogP contribution in [0.1, 0.15) is 5.56 Å². The van der Waals surface area contributed by atoms with Crippen LogP contribution in [0.2, 0.25) is 0 Å². The van der Waals surface area contributed by atoms with Gasteiger partial charge in [0.25, 0.3) is 0 Å². The Morgan fingerprint density at radius 3 is 2.43 bits per heavy atom. The molecule has 5 rings (SSSR count). The van der Waals surface area contributed by atoms with E-state index in [1.165, 1.54) is 6.08 Å². The molecule has 0 saturated heterocycles. The molecule has 0 spiro atoms. The molecule has 37 heavy (non-hydrogen) atoms. The molecule has 0 aliphatic carbocycles. The van der Waals surface area contributed by atoms with Crippen molar-refractivity contribution in [3.63, 3.8) is 0 Å². The molecule has 8 nitrogen and oxygen atoms in total. The highest BCUT2D eigenvalue weighted by atomic mass is 16.5. The third kappa shape index (κ3) is 4.60. The summed E-state index contributed by atoms with van der Waals surface area (Å²) in [6.45, 7) is 5.43. The van der Waals surface area contributed by atoms with E-state index in [9.17, 15) is 9.59 Å². The molecule has 5 aromatic rings. The summed E-state index contributed by atoms with van der Waals surface area (Å²) in [6.07, 6.45) is 4.49. The number of amides is 1. The highest BCUT2D eigenvalue weighted by Gasteiger charge is 2.17. The van der Waals surface area contributed by atoms with Crippen molar-refractivity contribution in [2.24, 2.45) is 0 Å². The van der Waals surface area contributed by atoms with Gasteiger partial charge in [0.15, 0.2) is 0 Å². The third-order valence-corrected chi connectivity index (χ3v) is 5.90. The summed E-state index contributed by atoms with van der Waals surface area (Å²) in [7, 11) is 1.63. The lowest BCUT2D eigenvalue weighted by Crippen LogP contribution is -2.22. The lowest BCUT2D eigenvalue weighted by Gasteiger charge is -2.10. The van der Waals surface area contributed by atoms with Crippen LogP contribution in [0.25, 0.3) is 22.4 Å². The number of benzene rings is 3. The number of pyridine rings is 1. The van der Waals surface area contributed by atoms with Crippen LogP contribution in [-0.4, -0.2) is 27.1 Å². The number of hydrogen-bond donors (Lipinski definition) is 1. The number of rotatable bonds is 7. The first-order chi connectivity index (χ1) is 18.0. The summed E-state index contributed by atoms with van der Waals surface area (Å²) < 4.78 is 14.5. The van der Waals surface area contributed by atoms with Gasteiger partial charge in [-0.1, -0.05) is 12.6 Å². The van der Waals surface area contributed by atoms with Crippen LogP contribution in [0.4, 0.5) is 5.69 Å². The fourth-order valence-corrected chi connectivity index (χ4v) is 4.18. The zero-order chi connectivity index (χ0) is 25.9. The largest absolute Gasteiger partial charge is 0.496 e. The third-order valence-electron chi connectivity index (χ3n) is 5.90. The molecular weight excluding hydrogens is 468 g/mol. The van der Waals surface area contributed by atoms with Gasteiger partial charge in [-0.3, -0.25) is 18.9 Å². The Bertz CT molecular complexity index is 1680. The smallest absolute Gasteiger partial charge is 0.338 e. The van der Waals surface area contributed by atoms with Crippen molar-refractivity contribution < 1.29 is 14.3 Å². The molecule has 0 radical (unpaired) electrons. The normalized spacial score (nSPS) is 10.8. The van der Waals surface area contributed by atoms with Crippen LogP contribution < -0.4 is 20.5 Å². The van der Waals surface area contributed by atoms with E-state index in [0.717, 1.165) is 11.3 Å². The highest BCUT2D eigenvalue weighted by Crippen LogP contribution is 2.28.